The minimum absolute atomic E-state index is 0.269. The summed E-state index contributed by atoms with van der Waals surface area (Å²) in [5.41, 5.74) is 0.116. The fourth-order valence-electron chi connectivity index (χ4n) is 2.59. The Balaban J connectivity index is 2.17. The van der Waals surface area contributed by atoms with Crippen molar-refractivity contribution in [3.05, 3.63) is 5.21 Å². The number of nitrogens with zero attached hydrogens (tertiary/aromatic N) is 1. The normalized spacial score (nSPS) is 41.4. The standard InChI is InChI=1S/C11H20N2O/c1-9-8-11(5-4-10(9,2)3)12-6-7-13(11)14/h7,9,12H,4-6,8H2,1-3H3. The minimum atomic E-state index is -0.269. The lowest BCUT2D eigenvalue weighted by Gasteiger charge is -2.44. The Morgan fingerprint density at radius 3 is 2.64 bits per heavy atom. The van der Waals surface area contributed by atoms with Crippen molar-refractivity contribution in [2.75, 3.05) is 6.54 Å². The van der Waals surface area contributed by atoms with Gasteiger partial charge in [-0.3, -0.25) is 0 Å². The van der Waals surface area contributed by atoms with Crippen LogP contribution in [0.5, 0.6) is 0 Å². The highest BCUT2D eigenvalue weighted by molar-refractivity contribution is 5.56. The van der Waals surface area contributed by atoms with Crippen LogP contribution in [0.2, 0.25) is 0 Å². The first kappa shape index (κ1) is 9.97. The molecular weight excluding hydrogens is 176 g/mol. The van der Waals surface area contributed by atoms with E-state index in [-0.39, 0.29) is 5.66 Å². The molecule has 80 valence electrons. The van der Waals surface area contributed by atoms with Gasteiger partial charge in [0.25, 0.3) is 0 Å². The van der Waals surface area contributed by atoms with Crippen LogP contribution in [0.3, 0.4) is 0 Å². The summed E-state index contributed by atoms with van der Waals surface area (Å²) in [5, 5.41) is 15.1. The van der Waals surface area contributed by atoms with Gasteiger partial charge in [0.2, 0.25) is 5.66 Å². The van der Waals surface area contributed by atoms with Crippen molar-refractivity contribution in [1.29, 1.82) is 0 Å². The molecule has 0 amide bonds. The topological polar surface area (TPSA) is 38.1 Å². The highest BCUT2D eigenvalue weighted by atomic mass is 16.5. The third-order valence-corrected chi connectivity index (χ3v) is 4.27. The van der Waals surface area contributed by atoms with Crippen LogP contribution in [-0.2, 0) is 0 Å². The zero-order chi connectivity index (χ0) is 10.4. The van der Waals surface area contributed by atoms with Crippen molar-refractivity contribution >= 4 is 6.21 Å². The Hall–Kier alpha value is -0.570. The summed E-state index contributed by atoms with van der Waals surface area (Å²) < 4.78 is 1.15. The molecule has 1 fully saturated rings. The molecule has 3 heteroatoms. The number of hydroxylamine groups is 1. The molecule has 2 rings (SSSR count). The minimum Gasteiger partial charge on any atom is -0.623 e. The number of hydrogen-bond donors (Lipinski definition) is 1. The maximum atomic E-state index is 11.7. The van der Waals surface area contributed by atoms with E-state index in [4.69, 9.17) is 0 Å². The molecule has 1 spiro atoms. The lowest BCUT2D eigenvalue weighted by atomic mass is 9.66. The van der Waals surface area contributed by atoms with Gasteiger partial charge in [0.1, 0.15) is 0 Å². The van der Waals surface area contributed by atoms with Crippen molar-refractivity contribution in [2.45, 2.75) is 45.7 Å². The second-order valence-electron chi connectivity index (χ2n) is 5.51. The molecule has 1 saturated carbocycles. The first-order valence-corrected chi connectivity index (χ1v) is 5.51. The van der Waals surface area contributed by atoms with Gasteiger partial charge in [-0.25, -0.2) is 5.32 Å². The van der Waals surface area contributed by atoms with Gasteiger partial charge in [0.15, 0.2) is 6.21 Å². The summed E-state index contributed by atoms with van der Waals surface area (Å²) in [5.74, 6) is 0.603. The van der Waals surface area contributed by atoms with Crippen LogP contribution in [0.4, 0.5) is 0 Å². The van der Waals surface area contributed by atoms with Gasteiger partial charge in [-0.1, -0.05) is 20.8 Å². The second-order valence-corrected chi connectivity index (χ2v) is 5.51. The zero-order valence-electron chi connectivity index (χ0n) is 9.34. The van der Waals surface area contributed by atoms with E-state index < -0.39 is 0 Å². The van der Waals surface area contributed by atoms with Crippen molar-refractivity contribution in [3.8, 4) is 0 Å². The van der Waals surface area contributed by atoms with Crippen LogP contribution in [-0.4, -0.2) is 23.2 Å². The Morgan fingerprint density at radius 2 is 2.14 bits per heavy atom. The zero-order valence-corrected chi connectivity index (χ0v) is 9.34. The predicted molar refractivity (Wildman–Crippen MR) is 57.2 cm³/mol. The van der Waals surface area contributed by atoms with Crippen LogP contribution in [0.15, 0.2) is 0 Å². The molecule has 2 atom stereocenters. The van der Waals surface area contributed by atoms with Crippen molar-refractivity contribution in [2.24, 2.45) is 11.3 Å². The van der Waals surface area contributed by atoms with E-state index in [0.717, 1.165) is 30.5 Å². The molecule has 2 unspecified atom stereocenters. The van der Waals surface area contributed by atoms with Gasteiger partial charge in [-0.15, -0.1) is 0 Å². The van der Waals surface area contributed by atoms with E-state index in [2.05, 4.69) is 26.1 Å². The van der Waals surface area contributed by atoms with E-state index in [0.29, 0.717) is 11.3 Å². The Kier molecular flexibility index (Phi) is 2.11. The molecule has 2 aliphatic rings. The fourth-order valence-corrected chi connectivity index (χ4v) is 2.59. The first-order valence-electron chi connectivity index (χ1n) is 5.51. The SMILES string of the molecule is CC1CC2(CCC1(C)C)NCC=[N+]2[O-]. The van der Waals surface area contributed by atoms with Gasteiger partial charge in [-0.2, -0.15) is 4.74 Å². The Labute approximate surface area is 85.8 Å². The number of hydrogen-bond acceptors (Lipinski definition) is 2. The fraction of sp³-hybridized carbons (Fsp3) is 0.909. The average Bonchev–Trinajstić information content (AvgIpc) is 2.43. The predicted octanol–water partition coefficient (Wildman–Crippen LogP) is 1.71. The molecule has 0 aromatic heterocycles. The van der Waals surface area contributed by atoms with Gasteiger partial charge >= 0.3 is 0 Å². The maximum absolute atomic E-state index is 11.7. The molecule has 0 saturated heterocycles. The molecule has 3 nitrogen and oxygen atoms in total. The van der Waals surface area contributed by atoms with Crippen LogP contribution < -0.4 is 5.32 Å². The molecule has 14 heavy (non-hydrogen) atoms. The maximum Gasteiger partial charge on any atom is 0.227 e. The lowest BCUT2D eigenvalue weighted by molar-refractivity contribution is -0.553. The summed E-state index contributed by atoms with van der Waals surface area (Å²) in [6, 6.07) is 0. The smallest absolute Gasteiger partial charge is 0.227 e. The molecule has 0 aromatic carbocycles. The highest BCUT2D eigenvalue weighted by Crippen LogP contribution is 2.45. The molecule has 1 aliphatic heterocycles. The summed E-state index contributed by atoms with van der Waals surface area (Å²) in [6.07, 6.45) is 4.81. The van der Waals surface area contributed by atoms with Gasteiger partial charge in [-0.05, 0) is 17.8 Å². The van der Waals surface area contributed by atoms with E-state index in [9.17, 15) is 5.21 Å². The number of nitrogens with one attached hydrogen (secondary N) is 1. The summed E-state index contributed by atoms with van der Waals surface area (Å²) in [6.45, 7) is 7.60. The second kappa shape index (κ2) is 2.96. The first-order chi connectivity index (χ1) is 6.46. The summed E-state index contributed by atoms with van der Waals surface area (Å²) in [4.78, 5) is 0. The monoisotopic (exact) mass is 196 g/mol. The summed E-state index contributed by atoms with van der Waals surface area (Å²) in [7, 11) is 0. The van der Waals surface area contributed by atoms with Crippen molar-refractivity contribution in [1.82, 2.24) is 5.32 Å². The highest BCUT2D eigenvalue weighted by Gasteiger charge is 2.49. The molecule has 1 aliphatic carbocycles. The van der Waals surface area contributed by atoms with Gasteiger partial charge in [0.05, 0.1) is 6.54 Å². The van der Waals surface area contributed by atoms with Crippen LogP contribution in [0.1, 0.15) is 40.0 Å². The molecular formula is C11H20N2O. The average molecular weight is 196 g/mol. The Morgan fingerprint density at radius 1 is 1.43 bits per heavy atom. The molecule has 0 aromatic rings. The molecule has 0 bridgehead atoms. The molecule has 0 radical (unpaired) electrons. The quantitative estimate of drug-likeness (QED) is 0.473. The summed E-state index contributed by atoms with van der Waals surface area (Å²) >= 11 is 0. The van der Waals surface area contributed by atoms with Crippen LogP contribution in [0, 0.1) is 16.5 Å². The van der Waals surface area contributed by atoms with Crippen LogP contribution >= 0.6 is 0 Å². The van der Waals surface area contributed by atoms with E-state index in [1.807, 2.05) is 0 Å². The van der Waals surface area contributed by atoms with Crippen LogP contribution in [0.25, 0.3) is 0 Å². The van der Waals surface area contributed by atoms with E-state index >= 15 is 0 Å². The lowest BCUT2D eigenvalue weighted by Crippen LogP contribution is -2.53. The van der Waals surface area contributed by atoms with Gasteiger partial charge < -0.3 is 5.21 Å². The third-order valence-electron chi connectivity index (χ3n) is 4.27. The van der Waals surface area contributed by atoms with Crippen molar-refractivity contribution in [3.63, 3.8) is 0 Å². The third kappa shape index (κ3) is 1.34. The largest absolute Gasteiger partial charge is 0.623 e. The van der Waals surface area contributed by atoms with Gasteiger partial charge in [0, 0.05) is 12.8 Å². The van der Waals surface area contributed by atoms with E-state index in [1.165, 1.54) is 0 Å². The van der Waals surface area contributed by atoms with Crippen molar-refractivity contribution < 1.29 is 4.74 Å². The molecule has 1 heterocycles. The number of rotatable bonds is 0. The molecule has 1 N–H and O–H groups in total. The Bertz CT molecular complexity index is 272. The van der Waals surface area contributed by atoms with E-state index in [1.54, 1.807) is 6.21 Å².